The minimum Gasteiger partial charge on any atom is -0.508 e. The predicted molar refractivity (Wildman–Crippen MR) is 84.2 cm³/mol. The molecule has 1 aromatic rings. The van der Waals surface area contributed by atoms with Crippen molar-refractivity contribution in [2.45, 2.75) is 56.7 Å². The third kappa shape index (κ3) is 2.69. The van der Waals surface area contributed by atoms with Crippen LogP contribution in [0.15, 0.2) is 24.3 Å². The Morgan fingerprint density at radius 3 is 2.52 bits per heavy atom. The van der Waals surface area contributed by atoms with Crippen molar-refractivity contribution in [3.05, 3.63) is 29.8 Å². The van der Waals surface area contributed by atoms with Gasteiger partial charge in [-0.25, -0.2) is 0 Å². The topological polar surface area (TPSA) is 35.5 Å². The van der Waals surface area contributed by atoms with Crippen molar-refractivity contribution in [3.8, 4) is 5.75 Å². The first-order valence-corrected chi connectivity index (χ1v) is 8.52. The largest absolute Gasteiger partial charge is 0.508 e. The van der Waals surface area contributed by atoms with Crippen LogP contribution in [0.1, 0.15) is 44.1 Å². The lowest BCUT2D eigenvalue weighted by atomic mass is 9.89. The maximum absolute atomic E-state index is 9.47. The molecule has 3 fully saturated rings. The molecule has 1 heterocycles. The maximum Gasteiger partial charge on any atom is 0.115 e. The molecule has 21 heavy (non-hydrogen) atoms. The van der Waals surface area contributed by atoms with E-state index >= 15 is 0 Å². The van der Waals surface area contributed by atoms with Crippen LogP contribution >= 0.6 is 0 Å². The smallest absolute Gasteiger partial charge is 0.115 e. The molecule has 1 saturated heterocycles. The molecule has 1 unspecified atom stereocenters. The van der Waals surface area contributed by atoms with Crippen LogP contribution in [-0.4, -0.2) is 34.7 Å². The second kappa shape index (κ2) is 5.29. The highest BCUT2D eigenvalue weighted by Gasteiger charge is 2.46. The number of piperazine rings is 1. The number of nitrogens with zero attached hydrogens (tertiary/aromatic N) is 1. The molecule has 114 valence electrons. The molecule has 2 N–H and O–H groups in total. The number of benzene rings is 1. The van der Waals surface area contributed by atoms with E-state index in [9.17, 15) is 5.11 Å². The lowest BCUT2D eigenvalue weighted by molar-refractivity contribution is 0.0311. The Kier molecular flexibility index (Phi) is 3.43. The second-order valence-electron chi connectivity index (χ2n) is 7.30. The third-order valence-corrected chi connectivity index (χ3v) is 5.82. The number of aromatic hydroxyl groups is 1. The van der Waals surface area contributed by atoms with Gasteiger partial charge in [0.05, 0.1) is 0 Å². The zero-order valence-electron chi connectivity index (χ0n) is 12.7. The van der Waals surface area contributed by atoms with E-state index in [1.807, 2.05) is 12.1 Å². The SMILES string of the molecule is Oc1ccc(CN2CC(C3CC3)NCC23CCCC3)cc1. The van der Waals surface area contributed by atoms with Gasteiger partial charge < -0.3 is 10.4 Å². The monoisotopic (exact) mass is 286 g/mol. The van der Waals surface area contributed by atoms with E-state index < -0.39 is 0 Å². The molecule has 0 amide bonds. The van der Waals surface area contributed by atoms with Crippen molar-refractivity contribution < 1.29 is 5.11 Å². The van der Waals surface area contributed by atoms with E-state index in [-0.39, 0.29) is 0 Å². The van der Waals surface area contributed by atoms with Crippen molar-refractivity contribution >= 4 is 0 Å². The van der Waals surface area contributed by atoms with Gasteiger partial charge in [-0.15, -0.1) is 0 Å². The molecule has 1 atom stereocenters. The molecule has 1 aliphatic heterocycles. The van der Waals surface area contributed by atoms with Crippen LogP contribution < -0.4 is 5.32 Å². The minimum absolute atomic E-state index is 0.366. The van der Waals surface area contributed by atoms with Gasteiger partial charge >= 0.3 is 0 Å². The fraction of sp³-hybridized carbons (Fsp3) is 0.667. The molecular formula is C18H26N2O. The molecule has 3 heteroatoms. The van der Waals surface area contributed by atoms with Crippen LogP contribution in [0.4, 0.5) is 0 Å². The van der Waals surface area contributed by atoms with Crippen LogP contribution in [0.3, 0.4) is 0 Å². The lowest BCUT2D eigenvalue weighted by Crippen LogP contribution is -2.63. The van der Waals surface area contributed by atoms with Crippen molar-refractivity contribution in [2.24, 2.45) is 5.92 Å². The molecule has 2 aliphatic carbocycles. The number of hydrogen-bond donors (Lipinski definition) is 2. The van der Waals surface area contributed by atoms with Gasteiger partial charge in [0, 0.05) is 31.2 Å². The summed E-state index contributed by atoms with van der Waals surface area (Å²) in [5, 5.41) is 13.3. The fourth-order valence-electron chi connectivity index (χ4n) is 4.32. The molecule has 4 rings (SSSR count). The Morgan fingerprint density at radius 2 is 1.86 bits per heavy atom. The summed E-state index contributed by atoms with van der Waals surface area (Å²) in [7, 11) is 0. The second-order valence-corrected chi connectivity index (χ2v) is 7.30. The summed E-state index contributed by atoms with van der Waals surface area (Å²) in [6.45, 7) is 3.41. The van der Waals surface area contributed by atoms with E-state index in [2.05, 4.69) is 22.3 Å². The fourth-order valence-corrected chi connectivity index (χ4v) is 4.32. The van der Waals surface area contributed by atoms with Gasteiger partial charge in [0.2, 0.25) is 0 Å². The van der Waals surface area contributed by atoms with Crippen LogP contribution in [0.25, 0.3) is 0 Å². The van der Waals surface area contributed by atoms with E-state index in [4.69, 9.17) is 0 Å². The Labute approximate surface area is 127 Å². The van der Waals surface area contributed by atoms with Crippen molar-refractivity contribution in [3.63, 3.8) is 0 Å². The molecule has 3 nitrogen and oxygen atoms in total. The summed E-state index contributed by atoms with van der Waals surface area (Å²) >= 11 is 0. The van der Waals surface area contributed by atoms with E-state index in [1.165, 1.54) is 57.2 Å². The summed E-state index contributed by atoms with van der Waals surface area (Å²) in [6.07, 6.45) is 8.27. The number of phenols is 1. The average molecular weight is 286 g/mol. The van der Waals surface area contributed by atoms with E-state index in [0.717, 1.165) is 12.5 Å². The molecule has 0 radical (unpaired) electrons. The summed E-state index contributed by atoms with van der Waals surface area (Å²) in [5.41, 5.74) is 1.72. The summed E-state index contributed by atoms with van der Waals surface area (Å²) in [4.78, 5) is 2.76. The Morgan fingerprint density at radius 1 is 1.14 bits per heavy atom. The molecular weight excluding hydrogens is 260 g/mol. The Balaban J connectivity index is 1.53. The number of phenolic OH excluding ortho intramolecular Hbond substituents is 1. The molecule has 1 spiro atoms. The van der Waals surface area contributed by atoms with Crippen molar-refractivity contribution in [1.29, 1.82) is 0 Å². The standard InChI is InChI=1S/C18H26N2O/c21-16-7-3-14(4-8-16)11-20-12-17(15-5-6-15)19-13-18(20)9-1-2-10-18/h3-4,7-8,15,17,19,21H,1-2,5-6,9-13H2. The van der Waals surface area contributed by atoms with Gasteiger partial charge in [0.15, 0.2) is 0 Å². The summed E-state index contributed by atoms with van der Waals surface area (Å²) in [6, 6.07) is 8.49. The van der Waals surface area contributed by atoms with Gasteiger partial charge in [-0.3, -0.25) is 4.90 Å². The van der Waals surface area contributed by atoms with Gasteiger partial charge in [-0.1, -0.05) is 25.0 Å². The minimum atomic E-state index is 0.366. The van der Waals surface area contributed by atoms with E-state index in [1.54, 1.807) is 0 Å². The van der Waals surface area contributed by atoms with Gasteiger partial charge in [-0.2, -0.15) is 0 Å². The molecule has 0 aromatic heterocycles. The van der Waals surface area contributed by atoms with Crippen LogP contribution in [-0.2, 0) is 6.54 Å². The van der Waals surface area contributed by atoms with Crippen LogP contribution in [0.5, 0.6) is 5.75 Å². The predicted octanol–water partition coefficient (Wildman–Crippen LogP) is 2.89. The highest BCUT2D eigenvalue weighted by molar-refractivity contribution is 5.26. The Bertz CT molecular complexity index is 488. The lowest BCUT2D eigenvalue weighted by Gasteiger charge is -2.48. The third-order valence-electron chi connectivity index (χ3n) is 5.82. The van der Waals surface area contributed by atoms with Gasteiger partial charge in [0.25, 0.3) is 0 Å². The first kappa shape index (κ1) is 13.6. The van der Waals surface area contributed by atoms with Crippen LogP contribution in [0, 0.1) is 5.92 Å². The molecule has 3 aliphatic rings. The summed E-state index contributed by atoms with van der Waals surface area (Å²) < 4.78 is 0. The van der Waals surface area contributed by atoms with Gasteiger partial charge in [0.1, 0.15) is 5.75 Å². The van der Waals surface area contributed by atoms with Gasteiger partial charge in [-0.05, 0) is 49.3 Å². The normalized spacial score (nSPS) is 29.0. The molecule has 1 aromatic carbocycles. The number of nitrogens with one attached hydrogen (secondary N) is 1. The Hall–Kier alpha value is -1.06. The number of hydrogen-bond acceptors (Lipinski definition) is 3. The van der Waals surface area contributed by atoms with Crippen molar-refractivity contribution in [1.82, 2.24) is 10.2 Å². The highest BCUT2D eigenvalue weighted by Crippen LogP contribution is 2.41. The zero-order valence-corrected chi connectivity index (χ0v) is 12.7. The first-order chi connectivity index (χ1) is 10.3. The van der Waals surface area contributed by atoms with E-state index in [0.29, 0.717) is 17.3 Å². The zero-order chi connectivity index (χ0) is 14.3. The van der Waals surface area contributed by atoms with Crippen molar-refractivity contribution in [2.75, 3.05) is 13.1 Å². The number of rotatable bonds is 3. The van der Waals surface area contributed by atoms with Crippen LogP contribution in [0.2, 0.25) is 0 Å². The molecule has 2 saturated carbocycles. The summed E-state index contributed by atoms with van der Waals surface area (Å²) in [5.74, 6) is 1.29. The highest BCUT2D eigenvalue weighted by atomic mass is 16.3. The maximum atomic E-state index is 9.47. The average Bonchev–Trinajstić information content (AvgIpc) is 3.24. The quantitative estimate of drug-likeness (QED) is 0.897. The first-order valence-electron chi connectivity index (χ1n) is 8.52. The molecule has 0 bridgehead atoms.